The molecule has 0 amide bonds. The van der Waals surface area contributed by atoms with Crippen molar-refractivity contribution < 1.29 is 14.6 Å². The molecule has 0 atom stereocenters. The van der Waals surface area contributed by atoms with Crippen LogP contribution in [-0.4, -0.2) is 40.8 Å². The van der Waals surface area contributed by atoms with Gasteiger partial charge in [-0.2, -0.15) is 0 Å². The standard InChI is InChI=1S/C9H13N3O3/c1-7-9(11-3-2-10-7)12-4-5-15-6-8(13)14/h2-3H,4-6H2,1H3,(H,11,12)(H,13,14). The fourth-order valence-corrected chi connectivity index (χ4v) is 0.982. The van der Waals surface area contributed by atoms with Crippen molar-refractivity contribution in [3.8, 4) is 0 Å². The molecular formula is C9H13N3O3. The second kappa shape index (κ2) is 5.92. The number of rotatable bonds is 6. The van der Waals surface area contributed by atoms with E-state index in [4.69, 9.17) is 9.84 Å². The fraction of sp³-hybridized carbons (Fsp3) is 0.444. The topological polar surface area (TPSA) is 84.3 Å². The molecule has 0 bridgehead atoms. The van der Waals surface area contributed by atoms with Gasteiger partial charge in [-0.3, -0.25) is 4.98 Å². The van der Waals surface area contributed by atoms with Gasteiger partial charge in [-0.1, -0.05) is 0 Å². The minimum atomic E-state index is -0.967. The van der Waals surface area contributed by atoms with Crippen molar-refractivity contribution in [1.82, 2.24) is 9.97 Å². The number of aryl methyl sites for hydroxylation is 1. The molecule has 15 heavy (non-hydrogen) atoms. The molecule has 0 fully saturated rings. The van der Waals surface area contributed by atoms with Crippen LogP contribution >= 0.6 is 0 Å². The summed E-state index contributed by atoms with van der Waals surface area (Å²) in [6.45, 7) is 2.39. The fourth-order valence-electron chi connectivity index (χ4n) is 0.982. The quantitative estimate of drug-likeness (QED) is 0.658. The Kier molecular flexibility index (Phi) is 4.49. The third kappa shape index (κ3) is 4.37. The summed E-state index contributed by atoms with van der Waals surface area (Å²) in [6, 6.07) is 0. The van der Waals surface area contributed by atoms with Crippen LogP contribution in [0.15, 0.2) is 12.4 Å². The van der Waals surface area contributed by atoms with Crippen LogP contribution in [0.4, 0.5) is 5.82 Å². The van der Waals surface area contributed by atoms with Gasteiger partial charge in [0.05, 0.1) is 12.3 Å². The number of carboxylic acids is 1. The Balaban J connectivity index is 2.21. The molecule has 0 aromatic carbocycles. The van der Waals surface area contributed by atoms with Crippen LogP contribution in [0.25, 0.3) is 0 Å². The Morgan fingerprint density at radius 2 is 2.27 bits per heavy atom. The Hall–Kier alpha value is -1.69. The van der Waals surface area contributed by atoms with E-state index in [0.717, 1.165) is 5.69 Å². The number of ether oxygens (including phenoxy) is 1. The van der Waals surface area contributed by atoms with Crippen molar-refractivity contribution in [2.75, 3.05) is 25.1 Å². The third-order valence-corrected chi connectivity index (χ3v) is 1.65. The summed E-state index contributed by atoms with van der Waals surface area (Å²) in [4.78, 5) is 18.2. The van der Waals surface area contributed by atoms with Gasteiger partial charge >= 0.3 is 5.97 Å². The summed E-state index contributed by atoms with van der Waals surface area (Å²) >= 11 is 0. The van der Waals surface area contributed by atoms with Crippen molar-refractivity contribution in [1.29, 1.82) is 0 Å². The summed E-state index contributed by atoms with van der Waals surface area (Å²) in [5.41, 5.74) is 0.802. The third-order valence-electron chi connectivity index (χ3n) is 1.65. The highest BCUT2D eigenvalue weighted by atomic mass is 16.5. The van der Waals surface area contributed by atoms with E-state index in [9.17, 15) is 4.79 Å². The minimum Gasteiger partial charge on any atom is -0.480 e. The Morgan fingerprint density at radius 1 is 1.53 bits per heavy atom. The zero-order valence-electron chi connectivity index (χ0n) is 8.43. The molecule has 0 unspecified atom stereocenters. The van der Waals surface area contributed by atoms with Crippen molar-refractivity contribution in [2.45, 2.75) is 6.92 Å². The van der Waals surface area contributed by atoms with Crippen LogP contribution < -0.4 is 5.32 Å². The van der Waals surface area contributed by atoms with E-state index < -0.39 is 5.97 Å². The van der Waals surface area contributed by atoms with Crippen LogP contribution in [0, 0.1) is 6.92 Å². The summed E-state index contributed by atoms with van der Waals surface area (Å²) in [6.07, 6.45) is 3.20. The van der Waals surface area contributed by atoms with Gasteiger partial charge in [-0.15, -0.1) is 0 Å². The van der Waals surface area contributed by atoms with Crippen molar-refractivity contribution in [3.05, 3.63) is 18.1 Å². The van der Waals surface area contributed by atoms with Gasteiger partial charge in [0.1, 0.15) is 12.4 Å². The average molecular weight is 211 g/mol. The molecule has 0 aliphatic carbocycles. The smallest absolute Gasteiger partial charge is 0.329 e. The lowest BCUT2D eigenvalue weighted by Gasteiger charge is -2.06. The summed E-state index contributed by atoms with van der Waals surface area (Å²) in [5.74, 6) is -0.276. The van der Waals surface area contributed by atoms with Crippen molar-refractivity contribution in [3.63, 3.8) is 0 Å². The molecule has 0 radical (unpaired) electrons. The SMILES string of the molecule is Cc1nccnc1NCCOCC(=O)O. The van der Waals surface area contributed by atoms with Crippen molar-refractivity contribution in [2.24, 2.45) is 0 Å². The van der Waals surface area contributed by atoms with Gasteiger partial charge in [0, 0.05) is 18.9 Å². The van der Waals surface area contributed by atoms with Crippen LogP contribution in [-0.2, 0) is 9.53 Å². The number of nitrogens with zero attached hydrogens (tertiary/aromatic N) is 2. The number of carbonyl (C=O) groups is 1. The molecular weight excluding hydrogens is 198 g/mol. The molecule has 1 heterocycles. The maximum atomic E-state index is 10.1. The largest absolute Gasteiger partial charge is 0.480 e. The maximum Gasteiger partial charge on any atom is 0.329 e. The highest BCUT2D eigenvalue weighted by Gasteiger charge is 1.99. The number of aromatic nitrogens is 2. The van der Waals surface area contributed by atoms with E-state index in [1.54, 1.807) is 12.4 Å². The molecule has 0 aliphatic heterocycles. The second-order valence-electron chi connectivity index (χ2n) is 2.86. The molecule has 6 heteroatoms. The van der Waals surface area contributed by atoms with Crippen LogP contribution in [0.1, 0.15) is 5.69 Å². The Bertz CT molecular complexity index is 330. The molecule has 1 aromatic rings. The first-order valence-corrected chi connectivity index (χ1v) is 4.51. The van der Waals surface area contributed by atoms with E-state index in [-0.39, 0.29) is 6.61 Å². The number of hydrogen-bond acceptors (Lipinski definition) is 5. The number of carboxylic acid groups (broad SMARTS) is 1. The zero-order chi connectivity index (χ0) is 11.1. The summed E-state index contributed by atoms with van der Waals surface area (Å²) < 4.78 is 4.85. The number of nitrogens with one attached hydrogen (secondary N) is 1. The van der Waals surface area contributed by atoms with Crippen molar-refractivity contribution >= 4 is 11.8 Å². The molecule has 1 aromatic heterocycles. The second-order valence-corrected chi connectivity index (χ2v) is 2.86. The normalized spacial score (nSPS) is 9.93. The van der Waals surface area contributed by atoms with Crippen LogP contribution in [0.2, 0.25) is 0 Å². The first kappa shape index (κ1) is 11.4. The lowest BCUT2D eigenvalue weighted by atomic mass is 10.4. The lowest BCUT2D eigenvalue weighted by molar-refractivity contribution is -0.142. The molecule has 6 nitrogen and oxygen atoms in total. The average Bonchev–Trinajstić information content (AvgIpc) is 2.20. The molecule has 0 spiro atoms. The van der Waals surface area contributed by atoms with E-state index in [1.165, 1.54) is 0 Å². The first-order chi connectivity index (χ1) is 7.20. The van der Waals surface area contributed by atoms with E-state index in [2.05, 4.69) is 15.3 Å². The molecule has 0 aliphatic rings. The molecule has 2 N–H and O–H groups in total. The van der Waals surface area contributed by atoms with Gasteiger partial charge in [0.25, 0.3) is 0 Å². The zero-order valence-corrected chi connectivity index (χ0v) is 8.43. The van der Waals surface area contributed by atoms with Crippen LogP contribution in [0.3, 0.4) is 0 Å². The monoisotopic (exact) mass is 211 g/mol. The maximum absolute atomic E-state index is 10.1. The molecule has 1 rings (SSSR count). The van der Waals surface area contributed by atoms with Gasteiger partial charge in [0.15, 0.2) is 0 Å². The predicted molar refractivity (Wildman–Crippen MR) is 53.7 cm³/mol. The summed E-state index contributed by atoms with van der Waals surface area (Å²) in [7, 11) is 0. The number of hydrogen-bond donors (Lipinski definition) is 2. The van der Waals surface area contributed by atoms with Gasteiger partial charge < -0.3 is 15.2 Å². The first-order valence-electron chi connectivity index (χ1n) is 4.51. The summed E-state index contributed by atoms with van der Waals surface area (Å²) in [5, 5.41) is 11.3. The van der Waals surface area contributed by atoms with E-state index in [0.29, 0.717) is 19.0 Å². The highest BCUT2D eigenvalue weighted by Crippen LogP contribution is 2.04. The molecule has 0 saturated heterocycles. The Labute approximate surface area is 87.3 Å². The molecule has 0 saturated carbocycles. The minimum absolute atomic E-state index is 0.277. The number of aliphatic carboxylic acids is 1. The lowest BCUT2D eigenvalue weighted by Crippen LogP contribution is -2.15. The molecule has 82 valence electrons. The van der Waals surface area contributed by atoms with Gasteiger partial charge in [-0.25, -0.2) is 9.78 Å². The highest BCUT2D eigenvalue weighted by molar-refractivity contribution is 5.67. The van der Waals surface area contributed by atoms with E-state index in [1.807, 2.05) is 6.92 Å². The number of anilines is 1. The van der Waals surface area contributed by atoms with Gasteiger partial charge in [0.2, 0.25) is 0 Å². The van der Waals surface area contributed by atoms with E-state index >= 15 is 0 Å². The van der Waals surface area contributed by atoms with Gasteiger partial charge in [-0.05, 0) is 6.92 Å². The Morgan fingerprint density at radius 3 is 2.93 bits per heavy atom. The van der Waals surface area contributed by atoms with Crippen LogP contribution in [0.5, 0.6) is 0 Å². The predicted octanol–water partition coefficient (Wildman–Crippen LogP) is 0.298.